The van der Waals surface area contributed by atoms with Crippen molar-refractivity contribution in [2.75, 3.05) is 13.7 Å². The quantitative estimate of drug-likeness (QED) is 0.830. The van der Waals surface area contributed by atoms with Crippen molar-refractivity contribution in [3.05, 3.63) is 34.1 Å². The first-order valence-corrected chi connectivity index (χ1v) is 7.13. The van der Waals surface area contributed by atoms with E-state index >= 15 is 0 Å². The van der Waals surface area contributed by atoms with Gasteiger partial charge < -0.3 is 10.1 Å². The molecule has 0 aromatic heterocycles. The van der Waals surface area contributed by atoms with Crippen LogP contribution in [0, 0.1) is 5.82 Å². The van der Waals surface area contributed by atoms with E-state index in [2.05, 4.69) is 28.2 Å². The van der Waals surface area contributed by atoms with E-state index in [9.17, 15) is 4.39 Å². The summed E-state index contributed by atoms with van der Waals surface area (Å²) in [6.45, 7) is 4.80. The molecule has 2 unspecified atom stereocenters. The molecule has 2 atom stereocenters. The van der Waals surface area contributed by atoms with Gasteiger partial charge in [0.25, 0.3) is 0 Å². The van der Waals surface area contributed by atoms with E-state index in [1.54, 1.807) is 6.07 Å². The van der Waals surface area contributed by atoms with Gasteiger partial charge in [-0.2, -0.15) is 0 Å². The second-order valence-corrected chi connectivity index (χ2v) is 5.19. The van der Waals surface area contributed by atoms with Crippen LogP contribution in [0.15, 0.2) is 22.7 Å². The molecule has 0 aliphatic heterocycles. The van der Waals surface area contributed by atoms with Gasteiger partial charge in [0.2, 0.25) is 0 Å². The van der Waals surface area contributed by atoms with Crippen LogP contribution < -0.4 is 5.32 Å². The number of nitrogens with one attached hydrogen (secondary N) is 1. The zero-order valence-corrected chi connectivity index (χ0v) is 12.8. The number of ether oxygens (including phenoxy) is 1. The summed E-state index contributed by atoms with van der Waals surface area (Å²) in [4.78, 5) is 0. The number of likely N-dealkylation sites (N-methyl/N-ethyl adjacent to an activating group) is 1. The fourth-order valence-electron chi connectivity index (χ4n) is 2.13. The lowest BCUT2D eigenvalue weighted by Gasteiger charge is -2.26. The van der Waals surface area contributed by atoms with Gasteiger partial charge in [0.1, 0.15) is 5.82 Å². The van der Waals surface area contributed by atoms with E-state index < -0.39 is 0 Å². The molecule has 18 heavy (non-hydrogen) atoms. The van der Waals surface area contributed by atoms with Crippen LogP contribution in [0.3, 0.4) is 0 Å². The van der Waals surface area contributed by atoms with Crippen molar-refractivity contribution >= 4 is 15.9 Å². The summed E-state index contributed by atoms with van der Waals surface area (Å²) in [5.74, 6) is -0.210. The van der Waals surface area contributed by atoms with Gasteiger partial charge in [-0.3, -0.25) is 0 Å². The first kappa shape index (κ1) is 15.6. The Kier molecular flexibility index (Phi) is 6.82. The number of hydrogen-bond donors (Lipinski definition) is 1. The van der Waals surface area contributed by atoms with Gasteiger partial charge in [-0.15, -0.1) is 0 Å². The van der Waals surface area contributed by atoms with Crippen molar-refractivity contribution in [2.45, 2.75) is 38.8 Å². The minimum atomic E-state index is -0.210. The molecular formula is C14H21BrFNO. The first-order chi connectivity index (χ1) is 8.60. The Morgan fingerprint density at radius 3 is 2.56 bits per heavy atom. The fourth-order valence-corrected chi connectivity index (χ4v) is 2.65. The van der Waals surface area contributed by atoms with E-state index in [1.807, 2.05) is 20.0 Å². The summed E-state index contributed by atoms with van der Waals surface area (Å²) in [6.07, 6.45) is 1.85. The zero-order valence-electron chi connectivity index (χ0n) is 11.2. The Bertz CT molecular complexity index is 353. The first-order valence-electron chi connectivity index (χ1n) is 6.34. The minimum absolute atomic E-state index is 0.155. The maximum Gasteiger partial charge on any atom is 0.124 e. The third-order valence-corrected chi connectivity index (χ3v) is 3.44. The SMILES string of the molecule is CCOC(CC)C(Cc1cc(F)cc(Br)c1)NC. The topological polar surface area (TPSA) is 21.3 Å². The van der Waals surface area contributed by atoms with Gasteiger partial charge in [0.05, 0.1) is 6.10 Å². The highest BCUT2D eigenvalue weighted by Gasteiger charge is 2.19. The van der Waals surface area contributed by atoms with Crippen molar-refractivity contribution in [3.63, 3.8) is 0 Å². The summed E-state index contributed by atoms with van der Waals surface area (Å²) in [7, 11) is 1.92. The molecule has 0 saturated carbocycles. The van der Waals surface area contributed by atoms with Gasteiger partial charge in [0.15, 0.2) is 0 Å². The van der Waals surface area contributed by atoms with Crippen molar-refractivity contribution in [1.29, 1.82) is 0 Å². The maximum absolute atomic E-state index is 13.3. The molecule has 0 spiro atoms. The summed E-state index contributed by atoms with van der Waals surface area (Å²) < 4.78 is 19.8. The van der Waals surface area contributed by atoms with E-state index in [4.69, 9.17) is 4.74 Å². The lowest BCUT2D eigenvalue weighted by molar-refractivity contribution is 0.0339. The molecule has 0 radical (unpaired) electrons. The van der Waals surface area contributed by atoms with Crippen LogP contribution in [0.4, 0.5) is 4.39 Å². The predicted molar refractivity (Wildman–Crippen MR) is 76.4 cm³/mol. The third kappa shape index (κ3) is 4.67. The molecule has 0 aliphatic carbocycles. The zero-order chi connectivity index (χ0) is 13.5. The lowest BCUT2D eigenvalue weighted by Crippen LogP contribution is -2.40. The highest BCUT2D eigenvalue weighted by atomic mass is 79.9. The Labute approximate surface area is 117 Å². The normalized spacial score (nSPS) is 14.5. The largest absolute Gasteiger partial charge is 0.377 e. The van der Waals surface area contributed by atoms with Crippen LogP contribution in [0.2, 0.25) is 0 Å². The Balaban J connectivity index is 2.77. The minimum Gasteiger partial charge on any atom is -0.377 e. The molecule has 0 aliphatic rings. The van der Waals surface area contributed by atoms with Gasteiger partial charge in [-0.25, -0.2) is 4.39 Å². The van der Waals surface area contributed by atoms with Crippen LogP contribution in [0.1, 0.15) is 25.8 Å². The molecule has 0 fully saturated rings. The van der Waals surface area contributed by atoms with Crippen LogP contribution in [0.25, 0.3) is 0 Å². The van der Waals surface area contributed by atoms with E-state index in [0.717, 1.165) is 22.9 Å². The highest BCUT2D eigenvalue weighted by molar-refractivity contribution is 9.10. The summed E-state index contributed by atoms with van der Waals surface area (Å²) in [6, 6.07) is 5.20. The standard InChI is InChI=1S/C14H21BrFNO/c1-4-14(18-5-2)13(17-3)8-10-6-11(15)9-12(16)7-10/h6-7,9,13-14,17H,4-5,8H2,1-3H3. The summed E-state index contributed by atoms with van der Waals surface area (Å²) in [5, 5.41) is 3.26. The second-order valence-electron chi connectivity index (χ2n) is 4.28. The molecule has 1 N–H and O–H groups in total. The highest BCUT2D eigenvalue weighted by Crippen LogP contribution is 2.18. The molecule has 2 nitrogen and oxygen atoms in total. The monoisotopic (exact) mass is 317 g/mol. The van der Waals surface area contributed by atoms with Crippen molar-refractivity contribution in [2.24, 2.45) is 0 Å². The Hall–Kier alpha value is -0.450. The van der Waals surface area contributed by atoms with E-state index in [-0.39, 0.29) is 18.0 Å². The van der Waals surface area contributed by atoms with Crippen LogP contribution >= 0.6 is 15.9 Å². The molecule has 1 aromatic carbocycles. The molecule has 0 amide bonds. The molecule has 0 heterocycles. The van der Waals surface area contributed by atoms with Crippen molar-refractivity contribution < 1.29 is 9.13 Å². The second kappa shape index (κ2) is 7.87. The van der Waals surface area contributed by atoms with Crippen LogP contribution in [0.5, 0.6) is 0 Å². The van der Waals surface area contributed by atoms with E-state index in [0.29, 0.717) is 6.61 Å². The lowest BCUT2D eigenvalue weighted by atomic mass is 9.99. The maximum atomic E-state index is 13.3. The number of benzene rings is 1. The number of halogens is 2. The molecule has 4 heteroatoms. The van der Waals surface area contributed by atoms with E-state index in [1.165, 1.54) is 6.07 Å². The molecular weight excluding hydrogens is 297 g/mol. The van der Waals surface area contributed by atoms with Gasteiger partial charge >= 0.3 is 0 Å². The Morgan fingerprint density at radius 2 is 2.06 bits per heavy atom. The molecule has 1 aromatic rings. The fraction of sp³-hybridized carbons (Fsp3) is 0.571. The van der Waals surface area contributed by atoms with Gasteiger partial charge in [-0.1, -0.05) is 22.9 Å². The van der Waals surface area contributed by atoms with Crippen LogP contribution in [-0.2, 0) is 11.2 Å². The summed E-state index contributed by atoms with van der Waals surface area (Å²) in [5.41, 5.74) is 0.972. The smallest absolute Gasteiger partial charge is 0.124 e. The third-order valence-electron chi connectivity index (χ3n) is 2.98. The summed E-state index contributed by atoms with van der Waals surface area (Å²) >= 11 is 3.32. The van der Waals surface area contributed by atoms with Crippen molar-refractivity contribution in [1.82, 2.24) is 5.32 Å². The number of hydrogen-bond acceptors (Lipinski definition) is 2. The van der Waals surface area contributed by atoms with Crippen LogP contribution in [-0.4, -0.2) is 25.8 Å². The average molecular weight is 318 g/mol. The van der Waals surface area contributed by atoms with Gasteiger partial charge in [0, 0.05) is 17.1 Å². The Morgan fingerprint density at radius 1 is 1.33 bits per heavy atom. The van der Waals surface area contributed by atoms with Crippen molar-refractivity contribution in [3.8, 4) is 0 Å². The molecule has 1 rings (SSSR count). The average Bonchev–Trinajstić information content (AvgIpc) is 2.32. The molecule has 0 saturated heterocycles. The number of rotatable bonds is 7. The molecule has 102 valence electrons. The van der Waals surface area contributed by atoms with Gasteiger partial charge in [-0.05, 0) is 50.6 Å². The predicted octanol–water partition coefficient (Wildman–Crippen LogP) is 3.53. The molecule has 0 bridgehead atoms.